The molecule has 30 heavy (non-hydrogen) atoms. The molecule has 0 unspecified atom stereocenters. The Morgan fingerprint density at radius 2 is 1.83 bits per heavy atom. The fourth-order valence-electron chi connectivity index (χ4n) is 3.49. The summed E-state index contributed by atoms with van der Waals surface area (Å²) in [5, 5.41) is 4.93. The van der Waals surface area contributed by atoms with Crippen LogP contribution in [0.1, 0.15) is 39.2 Å². The molecule has 0 bridgehead atoms. The molecule has 1 aromatic carbocycles. The van der Waals surface area contributed by atoms with Crippen LogP contribution in [0.3, 0.4) is 0 Å². The number of hydrogen-bond donors (Lipinski definition) is 0. The molecule has 8 heteroatoms. The number of ketones is 1. The first-order valence-electron chi connectivity index (χ1n) is 9.74. The molecule has 0 saturated carbocycles. The Balaban J connectivity index is 1.82. The Morgan fingerprint density at radius 1 is 1.13 bits per heavy atom. The molecule has 0 radical (unpaired) electrons. The second-order valence-corrected chi connectivity index (χ2v) is 6.94. The van der Waals surface area contributed by atoms with E-state index in [0.29, 0.717) is 36.0 Å². The Morgan fingerprint density at radius 3 is 2.50 bits per heavy atom. The van der Waals surface area contributed by atoms with Gasteiger partial charge in [-0.05, 0) is 32.9 Å². The van der Waals surface area contributed by atoms with Crippen molar-refractivity contribution in [3.8, 4) is 0 Å². The van der Waals surface area contributed by atoms with E-state index in [1.165, 1.54) is 4.68 Å². The molecule has 0 fully saturated rings. The van der Waals surface area contributed by atoms with Gasteiger partial charge in [-0.3, -0.25) is 9.59 Å². The second-order valence-electron chi connectivity index (χ2n) is 6.94. The van der Waals surface area contributed by atoms with Crippen molar-refractivity contribution in [2.75, 3.05) is 20.3 Å². The van der Waals surface area contributed by atoms with Crippen molar-refractivity contribution in [2.45, 2.75) is 33.9 Å². The fraction of sp³-hybridized carbons (Fsp3) is 0.364. The molecule has 2 aromatic heterocycles. The normalized spacial score (nSPS) is 11.1. The highest BCUT2D eigenvalue weighted by Crippen LogP contribution is 2.17. The lowest BCUT2D eigenvalue weighted by Gasteiger charge is -2.10. The number of esters is 1. The van der Waals surface area contributed by atoms with Crippen molar-refractivity contribution >= 4 is 22.5 Å². The van der Waals surface area contributed by atoms with Gasteiger partial charge in [-0.15, -0.1) is 0 Å². The predicted molar refractivity (Wildman–Crippen MR) is 112 cm³/mol. The van der Waals surface area contributed by atoms with Gasteiger partial charge in [-0.25, -0.2) is 9.48 Å². The zero-order valence-electron chi connectivity index (χ0n) is 17.6. The van der Waals surface area contributed by atoms with E-state index < -0.39 is 12.6 Å². The maximum absolute atomic E-state index is 12.7. The average Bonchev–Trinajstić information content (AvgIpc) is 3.04. The quantitative estimate of drug-likeness (QED) is 0.418. The maximum Gasteiger partial charge on any atom is 0.359 e. The van der Waals surface area contributed by atoms with Gasteiger partial charge in [-0.1, -0.05) is 18.2 Å². The van der Waals surface area contributed by atoms with E-state index in [1.54, 1.807) is 44.4 Å². The highest BCUT2D eigenvalue weighted by Gasteiger charge is 2.21. The lowest BCUT2D eigenvalue weighted by molar-refractivity contribution is 0.0468. The van der Waals surface area contributed by atoms with Crippen LogP contribution in [0.2, 0.25) is 0 Å². The number of hydrogen-bond acceptors (Lipinski definition) is 6. The number of rotatable bonds is 8. The van der Waals surface area contributed by atoms with E-state index in [9.17, 15) is 14.4 Å². The van der Waals surface area contributed by atoms with E-state index in [4.69, 9.17) is 9.47 Å². The van der Waals surface area contributed by atoms with Crippen LogP contribution in [-0.2, 0) is 22.6 Å². The lowest BCUT2D eigenvalue weighted by Crippen LogP contribution is -2.26. The zero-order chi connectivity index (χ0) is 21.8. The highest BCUT2D eigenvalue weighted by atomic mass is 16.5. The van der Waals surface area contributed by atoms with Crippen LogP contribution < -0.4 is 5.56 Å². The summed E-state index contributed by atoms with van der Waals surface area (Å²) in [5.41, 5.74) is 1.98. The molecule has 0 amide bonds. The minimum absolute atomic E-state index is 0.0189. The van der Waals surface area contributed by atoms with Crippen LogP contribution in [0.5, 0.6) is 0 Å². The molecule has 0 aliphatic carbocycles. The van der Waals surface area contributed by atoms with Gasteiger partial charge in [0.25, 0.3) is 5.56 Å². The molecule has 0 aliphatic rings. The summed E-state index contributed by atoms with van der Waals surface area (Å²) in [4.78, 5) is 37.8. The Hall–Kier alpha value is -3.26. The standard InChI is InChI=1S/C22H25N3O5/c1-5-25-21(27)17-9-7-6-8-16(17)20(23-25)22(28)30-13-19(26)18-12-14(2)24(15(18)3)10-11-29-4/h6-9,12H,5,10-11,13H2,1-4H3. The summed E-state index contributed by atoms with van der Waals surface area (Å²) in [6.07, 6.45) is 0. The highest BCUT2D eigenvalue weighted by molar-refractivity contribution is 6.04. The summed E-state index contributed by atoms with van der Waals surface area (Å²) in [7, 11) is 1.62. The van der Waals surface area contributed by atoms with Gasteiger partial charge >= 0.3 is 5.97 Å². The predicted octanol–water partition coefficient (Wildman–Crippen LogP) is 2.52. The van der Waals surface area contributed by atoms with E-state index >= 15 is 0 Å². The van der Waals surface area contributed by atoms with E-state index in [2.05, 4.69) is 5.10 Å². The van der Waals surface area contributed by atoms with Crippen molar-refractivity contribution in [3.05, 3.63) is 63.3 Å². The topological polar surface area (TPSA) is 92.4 Å². The summed E-state index contributed by atoms with van der Waals surface area (Å²) < 4.78 is 13.6. The number of carbonyl (C=O) groups excluding carboxylic acids is 2. The first-order chi connectivity index (χ1) is 14.4. The first kappa shape index (κ1) is 21.4. The Bertz CT molecular complexity index is 1160. The number of aromatic nitrogens is 3. The van der Waals surface area contributed by atoms with Crippen LogP contribution in [-0.4, -0.2) is 46.4 Å². The van der Waals surface area contributed by atoms with E-state index in [0.717, 1.165) is 11.4 Å². The van der Waals surface area contributed by atoms with Gasteiger partial charge < -0.3 is 14.0 Å². The molecular formula is C22H25N3O5. The molecule has 0 aliphatic heterocycles. The number of ether oxygens (including phenoxy) is 2. The molecule has 8 nitrogen and oxygen atoms in total. The largest absolute Gasteiger partial charge is 0.452 e. The van der Waals surface area contributed by atoms with Crippen molar-refractivity contribution in [3.63, 3.8) is 0 Å². The van der Waals surface area contributed by atoms with Gasteiger partial charge in [0.15, 0.2) is 12.3 Å². The molecule has 3 aromatic rings. The van der Waals surface area contributed by atoms with Gasteiger partial charge in [-0.2, -0.15) is 5.10 Å². The Kier molecular flexibility index (Phi) is 6.47. The zero-order valence-corrected chi connectivity index (χ0v) is 17.6. The monoisotopic (exact) mass is 411 g/mol. The smallest absolute Gasteiger partial charge is 0.359 e. The van der Waals surface area contributed by atoms with Crippen LogP contribution in [0, 0.1) is 13.8 Å². The molecule has 0 atom stereocenters. The number of fused-ring (bicyclic) bond motifs is 1. The molecule has 0 spiro atoms. The number of carbonyl (C=O) groups is 2. The van der Waals surface area contributed by atoms with Crippen molar-refractivity contribution in [2.24, 2.45) is 0 Å². The van der Waals surface area contributed by atoms with Gasteiger partial charge in [0.2, 0.25) is 5.78 Å². The van der Waals surface area contributed by atoms with E-state index in [-0.39, 0.29) is 17.0 Å². The Labute approximate surface area is 174 Å². The number of aryl methyl sites for hydroxylation is 2. The second kappa shape index (κ2) is 9.04. The van der Waals surface area contributed by atoms with Gasteiger partial charge in [0, 0.05) is 42.5 Å². The van der Waals surface area contributed by atoms with Crippen molar-refractivity contribution < 1.29 is 19.1 Å². The summed E-state index contributed by atoms with van der Waals surface area (Å²) in [6, 6.07) is 8.51. The number of benzene rings is 1. The molecular weight excluding hydrogens is 386 g/mol. The third-order valence-electron chi connectivity index (χ3n) is 5.09. The van der Waals surface area contributed by atoms with Gasteiger partial charge in [0.1, 0.15) is 0 Å². The third-order valence-corrected chi connectivity index (χ3v) is 5.09. The van der Waals surface area contributed by atoms with Crippen LogP contribution in [0.25, 0.3) is 10.8 Å². The lowest BCUT2D eigenvalue weighted by atomic mass is 10.1. The maximum atomic E-state index is 12.7. The third kappa shape index (κ3) is 4.04. The van der Waals surface area contributed by atoms with Crippen molar-refractivity contribution in [1.82, 2.24) is 14.3 Å². The molecule has 3 rings (SSSR count). The van der Waals surface area contributed by atoms with Gasteiger partial charge in [0.05, 0.1) is 12.0 Å². The van der Waals surface area contributed by atoms with Crippen molar-refractivity contribution in [1.29, 1.82) is 0 Å². The SMILES string of the molecule is CCn1nc(C(=O)OCC(=O)c2cc(C)n(CCOC)c2C)c2ccccc2c1=O. The summed E-state index contributed by atoms with van der Waals surface area (Å²) >= 11 is 0. The molecule has 158 valence electrons. The number of nitrogens with zero attached hydrogens (tertiary/aromatic N) is 3. The average molecular weight is 411 g/mol. The molecule has 0 N–H and O–H groups in total. The first-order valence-corrected chi connectivity index (χ1v) is 9.74. The van der Waals surface area contributed by atoms with Crippen LogP contribution in [0.4, 0.5) is 0 Å². The van der Waals surface area contributed by atoms with Crippen LogP contribution >= 0.6 is 0 Å². The minimum Gasteiger partial charge on any atom is -0.452 e. The number of Topliss-reactive ketones (excluding diaryl/α,β-unsaturated/α-hetero) is 1. The molecule has 0 saturated heterocycles. The minimum atomic E-state index is -0.741. The number of methoxy groups -OCH3 is 1. The molecule has 2 heterocycles. The van der Waals surface area contributed by atoms with E-state index in [1.807, 2.05) is 18.4 Å². The van der Waals surface area contributed by atoms with Crippen LogP contribution in [0.15, 0.2) is 35.1 Å². The summed E-state index contributed by atoms with van der Waals surface area (Å²) in [5.74, 6) is -1.04. The summed E-state index contributed by atoms with van der Waals surface area (Å²) in [6.45, 7) is 6.60. The fourth-order valence-corrected chi connectivity index (χ4v) is 3.49.